The Kier molecular flexibility index (Phi) is 6.66. The van der Waals surface area contributed by atoms with E-state index in [2.05, 4.69) is 20.8 Å². The topological polar surface area (TPSA) is 146 Å². The van der Waals surface area contributed by atoms with E-state index in [0.717, 1.165) is 40.7 Å². The minimum Gasteiger partial charge on any atom is -0.495 e. The fourth-order valence-corrected chi connectivity index (χ4v) is 7.36. The second kappa shape index (κ2) is 10.5. The van der Waals surface area contributed by atoms with E-state index < -0.39 is 10.0 Å². The molecule has 4 aromatic heterocycles. The Hall–Kier alpha value is -4.75. The second-order valence-electron chi connectivity index (χ2n) is 11.0. The van der Waals surface area contributed by atoms with Crippen molar-refractivity contribution in [3.63, 3.8) is 0 Å². The third-order valence-corrected chi connectivity index (χ3v) is 9.50. The Morgan fingerprint density at radius 2 is 1.86 bits per heavy atom. The first-order valence-corrected chi connectivity index (χ1v) is 16.8. The summed E-state index contributed by atoms with van der Waals surface area (Å²) in [5.41, 5.74) is 11.5. The fraction of sp³-hybridized carbons (Fsp3) is 0.226. The van der Waals surface area contributed by atoms with Crippen LogP contribution in [0.25, 0.3) is 38.2 Å². The van der Waals surface area contributed by atoms with Crippen LogP contribution in [0.5, 0.6) is 5.75 Å². The minimum atomic E-state index is -3.59. The summed E-state index contributed by atoms with van der Waals surface area (Å²) in [6, 6.07) is 16.6. The first-order valence-electron chi connectivity index (χ1n) is 14.0. The lowest BCUT2D eigenvalue weighted by Gasteiger charge is -2.22. The maximum absolute atomic E-state index is 14.2. The summed E-state index contributed by atoms with van der Waals surface area (Å²) in [5, 5.41) is 7.64. The first kappa shape index (κ1) is 28.0. The zero-order valence-electron chi connectivity index (χ0n) is 24.2. The molecule has 0 radical (unpaired) electrons. The van der Waals surface area contributed by atoms with E-state index >= 15 is 0 Å². The molecule has 44 heavy (non-hydrogen) atoms. The quantitative estimate of drug-likeness (QED) is 0.237. The second-order valence-corrected chi connectivity index (χ2v) is 13.7. The Bertz CT molecular complexity index is 2240. The van der Waals surface area contributed by atoms with Crippen molar-refractivity contribution in [1.29, 1.82) is 0 Å². The number of aromatic nitrogens is 5. The van der Waals surface area contributed by atoms with E-state index in [1.54, 1.807) is 22.6 Å². The summed E-state index contributed by atoms with van der Waals surface area (Å²) in [7, 11) is -2.12. The van der Waals surface area contributed by atoms with Gasteiger partial charge in [-0.25, -0.2) is 23.1 Å². The average molecular weight is 628 g/mol. The number of nitrogen functional groups attached to an aromatic ring is 1. The molecule has 6 aromatic rings. The molecule has 224 valence electrons. The van der Waals surface area contributed by atoms with E-state index in [4.69, 9.17) is 15.6 Å². The van der Waals surface area contributed by atoms with Gasteiger partial charge in [-0.2, -0.15) is 5.10 Å². The zero-order valence-corrected chi connectivity index (χ0v) is 25.8. The van der Waals surface area contributed by atoms with Crippen molar-refractivity contribution < 1.29 is 13.2 Å². The summed E-state index contributed by atoms with van der Waals surface area (Å²) in [4.78, 5) is 24.0. The Morgan fingerprint density at radius 3 is 2.57 bits per heavy atom. The highest BCUT2D eigenvalue weighted by atomic mass is 32.2. The van der Waals surface area contributed by atoms with Crippen LogP contribution in [0.2, 0.25) is 0 Å². The molecule has 13 heteroatoms. The lowest BCUT2D eigenvalue weighted by Crippen LogP contribution is -2.23. The predicted molar refractivity (Wildman–Crippen MR) is 173 cm³/mol. The normalized spacial score (nSPS) is 14.2. The van der Waals surface area contributed by atoms with Gasteiger partial charge in [0.05, 0.1) is 36.0 Å². The number of benzene rings is 2. The SMILES string of the molecule is COc1ccc(-c2nn([C@H](c3cc4scc(C)n4c(=O)c3-c3ccccc3)C3CC3)c3ncnc(N)c23)cc1NS(C)(=O)=O. The summed E-state index contributed by atoms with van der Waals surface area (Å²) in [6.45, 7) is 1.94. The third-order valence-electron chi connectivity index (χ3n) is 7.91. The van der Waals surface area contributed by atoms with Crippen LogP contribution in [0.1, 0.15) is 30.1 Å². The number of nitrogens with one attached hydrogen (secondary N) is 1. The number of pyridine rings is 1. The van der Waals surface area contributed by atoms with Crippen molar-refractivity contribution in [2.75, 3.05) is 23.8 Å². The fourth-order valence-electron chi connectivity index (χ4n) is 5.88. The van der Waals surface area contributed by atoms with Crippen LogP contribution in [0.4, 0.5) is 11.5 Å². The van der Waals surface area contributed by atoms with Crippen molar-refractivity contribution in [2.45, 2.75) is 25.8 Å². The van der Waals surface area contributed by atoms with E-state index in [1.807, 2.05) is 47.3 Å². The first-order chi connectivity index (χ1) is 21.1. The van der Waals surface area contributed by atoms with Crippen LogP contribution in [0.15, 0.2) is 71.1 Å². The average Bonchev–Trinajstić information content (AvgIpc) is 3.65. The molecule has 3 N–H and O–H groups in total. The van der Waals surface area contributed by atoms with Gasteiger partial charge in [0, 0.05) is 16.6 Å². The monoisotopic (exact) mass is 627 g/mol. The molecule has 1 aliphatic rings. The lowest BCUT2D eigenvalue weighted by molar-refractivity contribution is 0.417. The summed E-state index contributed by atoms with van der Waals surface area (Å²) < 4.78 is 35.8. The predicted octanol–water partition coefficient (Wildman–Crippen LogP) is 5.10. The number of anilines is 2. The molecular weight excluding hydrogens is 599 g/mol. The maximum atomic E-state index is 14.2. The van der Waals surface area contributed by atoms with Crippen LogP contribution in [0.3, 0.4) is 0 Å². The largest absolute Gasteiger partial charge is 0.495 e. The highest BCUT2D eigenvalue weighted by Gasteiger charge is 2.39. The van der Waals surface area contributed by atoms with E-state index in [0.29, 0.717) is 33.6 Å². The van der Waals surface area contributed by atoms with Crippen LogP contribution in [0, 0.1) is 12.8 Å². The number of sulfonamides is 1. The van der Waals surface area contributed by atoms with Gasteiger partial charge >= 0.3 is 0 Å². The molecule has 0 aliphatic heterocycles. The van der Waals surface area contributed by atoms with Gasteiger partial charge in [0.15, 0.2) is 5.65 Å². The number of rotatable bonds is 8. The van der Waals surface area contributed by atoms with Crippen LogP contribution >= 0.6 is 11.3 Å². The van der Waals surface area contributed by atoms with Gasteiger partial charge in [0.1, 0.15) is 28.4 Å². The summed E-state index contributed by atoms with van der Waals surface area (Å²) >= 11 is 1.53. The van der Waals surface area contributed by atoms with E-state index in [1.165, 1.54) is 24.8 Å². The third kappa shape index (κ3) is 4.77. The molecule has 0 spiro atoms. The molecule has 7 rings (SSSR count). The maximum Gasteiger partial charge on any atom is 0.264 e. The van der Waals surface area contributed by atoms with E-state index in [-0.39, 0.29) is 29.0 Å². The molecule has 1 atom stereocenters. The van der Waals surface area contributed by atoms with Gasteiger partial charge in [0.2, 0.25) is 10.0 Å². The number of thiazole rings is 1. The van der Waals surface area contributed by atoms with Crippen LogP contribution in [-0.2, 0) is 10.0 Å². The molecule has 1 fully saturated rings. The van der Waals surface area contributed by atoms with Crippen molar-refractivity contribution in [3.8, 4) is 28.1 Å². The number of hydrogen-bond donors (Lipinski definition) is 2. The Morgan fingerprint density at radius 1 is 1.09 bits per heavy atom. The summed E-state index contributed by atoms with van der Waals surface area (Å²) in [5.74, 6) is 0.813. The van der Waals surface area contributed by atoms with Crippen LogP contribution in [-0.4, -0.2) is 45.9 Å². The van der Waals surface area contributed by atoms with Gasteiger partial charge in [-0.1, -0.05) is 30.3 Å². The zero-order chi connectivity index (χ0) is 30.7. The number of ether oxygens (including phenoxy) is 1. The lowest BCUT2D eigenvalue weighted by atomic mass is 9.93. The van der Waals surface area contributed by atoms with Crippen molar-refractivity contribution in [1.82, 2.24) is 24.1 Å². The Labute approximate surface area is 257 Å². The van der Waals surface area contributed by atoms with Crippen LogP contribution < -0.4 is 20.8 Å². The molecule has 0 amide bonds. The molecule has 1 aliphatic carbocycles. The number of nitrogens with two attached hydrogens (primary N) is 1. The van der Waals surface area contributed by atoms with Crippen molar-refractivity contribution in [3.05, 3.63) is 87.9 Å². The molecule has 4 heterocycles. The molecule has 0 unspecified atom stereocenters. The van der Waals surface area contributed by atoms with Crippen molar-refractivity contribution in [2.24, 2.45) is 5.92 Å². The highest BCUT2D eigenvalue weighted by molar-refractivity contribution is 7.92. The minimum absolute atomic E-state index is 0.0782. The number of methoxy groups -OCH3 is 1. The Balaban J connectivity index is 1.50. The van der Waals surface area contributed by atoms with Gasteiger partial charge in [0.25, 0.3) is 5.56 Å². The smallest absolute Gasteiger partial charge is 0.264 e. The molecule has 0 bridgehead atoms. The van der Waals surface area contributed by atoms with E-state index in [9.17, 15) is 13.2 Å². The number of nitrogens with zero attached hydrogens (tertiary/aromatic N) is 5. The standard InChI is InChI=1S/C31H29N7O4S2/c1-17-15-43-24-14-21(25(31(39)37(17)24)18-7-5-4-6-8-18)28(19-9-10-19)38-30-26(29(32)33-16-34-30)27(35-38)20-11-12-23(42-2)22(13-20)36-44(3,40)41/h4-8,11-16,19,28,36H,9-10H2,1-3H3,(H2,32,33,34)/t28-/m0/s1. The molecule has 2 aromatic carbocycles. The van der Waals surface area contributed by atoms with Gasteiger partial charge in [-0.15, -0.1) is 11.3 Å². The number of fused-ring (bicyclic) bond motifs is 2. The number of hydrogen-bond acceptors (Lipinski definition) is 9. The van der Waals surface area contributed by atoms with Gasteiger partial charge in [-0.3, -0.25) is 13.9 Å². The van der Waals surface area contributed by atoms with Crippen molar-refractivity contribution >= 4 is 48.7 Å². The summed E-state index contributed by atoms with van der Waals surface area (Å²) in [6.07, 6.45) is 4.41. The molecule has 0 saturated heterocycles. The molecule has 1 saturated carbocycles. The molecular formula is C31H29N7O4S2. The number of aryl methyl sites for hydroxylation is 1. The van der Waals surface area contributed by atoms with Gasteiger partial charge < -0.3 is 10.5 Å². The van der Waals surface area contributed by atoms with Gasteiger partial charge in [-0.05, 0) is 61.1 Å². The molecule has 11 nitrogen and oxygen atoms in total. The highest BCUT2D eigenvalue weighted by Crippen LogP contribution is 2.48.